The number of halogens is 1. The van der Waals surface area contributed by atoms with Gasteiger partial charge in [0.25, 0.3) is 0 Å². The molecular weight excluding hydrogens is 382 g/mol. The van der Waals surface area contributed by atoms with Crippen LogP contribution in [0.25, 0.3) is 0 Å². The monoisotopic (exact) mass is 399 g/mol. The van der Waals surface area contributed by atoms with Crippen molar-refractivity contribution in [2.24, 2.45) is 10.2 Å². The highest BCUT2D eigenvalue weighted by molar-refractivity contribution is 9.10. The summed E-state index contributed by atoms with van der Waals surface area (Å²) >= 11 is 4.83. The van der Waals surface area contributed by atoms with Crippen LogP contribution in [0.15, 0.2) is 26.8 Å². The molecule has 6 nitrogen and oxygen atoms in total. The molecule has 0 spiro atoms. The van der Waals surface area contributed by atoms with Gasteiger partial charge in [-0.15, -0.1) is 5.10 Å². The molecule has 1 N–H and O–H groups in total. The first-order chi connectivity index (χ1) is 11.0. The van der Waals surface area contributed by atoms with Crippen LogP contribution >= 0.6 is 27.7 Å². The van der Waals surface area contributed by atoms with E-state index in [0.717, 1.165) is 10.0 Å². The zero-order valence-electron chi connectivity index (χ0n) is 13.1. The number of amidine groups is 1. The van der Waals surface area contributed by atoms with E-state index < -0.39 is 0 Å². The highest BCUT2D eigenvalue weighted by Gasteiger charge is 2.16. The summed E-state index contributed by atoms with van der Waals surface area (Å²) in [7, 11) is 0. The van der Waals surface area contributed by atoms with E-state index in [2.05, 4.69) is 31.4 Å². The van der Waals surface area contributed by atoms with Gasteiger partial charge in [-0.2, -0.15) is 5.10 Å². The van der Waals surface area contributed by atoms with E-state index in [1.54, 1.807) is 6.21 Å². The van der Waals surface area contributed by atoms with Crippen LogP contribution in [0.4, 0.5) is 0 Å². The summed E-state index contributed by atoms with van der Waals surface area (Å²) in [4.78, 5) is 11.1. The predicted octanol–water partition coefficient (Wildman–Crippen LogP) is 3.19. The summed E-state index contributed by atoms with van der Waals surface area (Å²) in [6, 6.07) is 3.72. The van der Waals surface area contributed by atoms with Gasteiger partial charge in [0.15, 0.2) is 16.7 Å². The molecule has 0 unspecified atom stereocenters. The Morgan fingerprint density at radius 2 is 2.26 bits per heavy atom. The minimum Gasteiger partial charge on any atom is -0.490 e. The summed E-state index contributed by atoms with van der Waals surface area (Å²) in [5, 5.41) is 11.1. The van der Waals surface area contributed by atoms with Crippen LogP contribution in [0.2, 0.25) is 0 Å². The lowest BCUT2D eigenvalue weighted by atomic mass is 10.2. The number of nitrogens with one attached hydrogen (secondary N) is 1. The number of thioether (sulfide) groups is 1. The van der Waals surface area contributed by atoms with Crippen molar-refractivity contribution in [3.05, 3.63) is 22.2 Å². The molecule has 0 bridgehead atoms. The normalized spacial score (nSPS) is 16.4. The second kappa shape index (κ2) is 8.35. The van der Waals surface area contributed by atoms with Crippen LogP contribution in [0, 0.1) is 0 Å². The van der Waals surface area contributed by atoms with Crippen molar-refractivity contribution < 1.29 is 14.3 Å². The molecule has 1 aromatic rings. The smallest absolute Gasteiger partial charge is 0.236 e. The maximum atomic E-state index is 11.1. The fourth-order valence-corrected chi connectivity index (χ4v) is 2.99. The summed E-state index contributed by atoms with van der Waals surface area (Å²) < 4.78 is 12.2. The van der Waals surface area contributed by atoms with Gasteiger partial charge in [0.1, 0.15) is 0 Å². The molecule has 1 aliphatic rings. The molecule has 2 rings (SSSR count). The van der Waals surface area contributed by atoms with Crippen molar-refractivity contribution in [3.63, 3.8) is 0 Å². The Morgan fingerprint density at radius 3 is 2.87 bits per heavy atom. The molecule has 0 saturated carbocycles. The van der Waals surface area contributed by atoms with Crippen LogP contribution in [0.5, 0.6) is 11.5 Å². The van der Waals surface area contributed by atoms with Gasteiger partial charge in [-0.3, -0.25) is 4.79 Å². The predicted molar refractivity (Wildman–Crippen MR) is 96.7 cm³/mol. The molecule has 1 amide bonds. The Hall–Kier alpha value is -1.54. The third kappa shape index (κ3) is 5.24. The highest BCUT2D eigenvalue weighted by atomic mass is 79.9. The van der Waals surface area contributed by atoms with Crippen molar-refractivity contribution >= 4 is 45.0 Å². The van der Waals surface area contributed by atoms with Crippen molar-refractivity contribution in [1.29, 1.82) is 0 Å². The molecule has 8 heteroatoms. The van der Waals surface area contributed by atoms with E-state index >= 15 is 0 Å². The molecule has 1 fully saturated rings. The molecule has 1 aliphatic heterocycles. The van der Waals surface area contributed by atoms with E-state index in [1.807, 2.05) is 32.9 Å². The number of rotatable bonds is 6. The maximum absolute atomic E-state index is 11.1. The average molecular weight is 400 g/mol. The molecule has 0 aromatic heterocycles. The molecule has 1 aromatic carbocycles. The molecule has 124 valence electrons. The summed E-state index contributed by atoms with van der Waals surface area (Å²) in [6.45, 7) is 6.37. The van der Waals surface area contributed by atoms with Gasteiger partial charge >= 0.3 is 0 Å². The lowest BCUT2D eigenvalue weighted by molar-refractivity contribution is -0.116. The van der Waals surface area contributed by atoms with Gasteiger partial charge < -0.3 is 14.8 Å². The third-order valence-electron chi connectivity index (χ3n) is 2.63. The summed E-state index contributed by atoms with van der Waals surface area (Å²) in [5.74, 6) is 1.65. The van der Waals surface area contributed by atoms with Gasteiger partial charge in [0.2, 0.25) is 5.91 Å². The van der Waals surface area contributed by atoms with E-state index in [9.17, 15) is 4.79 Å². The zero-order valence-corrected chi connectivity index (χ0v) is 15.5. The van der Waals surface area contributed by atoms with Gasteiger partial charge in [-0.25, -0.2) is 0 Å². The van der Waals surface area contributed by atoms with Crippen molar-refractivity contribution in [2.45, 2.75) is 26.9 Å². The number of hydrogen-bond acceptors (Lipinski definition) is 6. The van der Waals surface area contributed by atoms with Gasteiger partial charge in [0, 0.05) is 0 Å². The van der Waals surface area contributed by atoms with E-state index in [1.165, 1.54) is 11.8 Å². The SMILES string of the molecule is CCOc1cc(C=NN=C2NC(=O)CS2)cc(Br)c1OC(C)C. The van der Waals surface area contributed by atoms with Crippen LogP contribution in [0.3, 0.4) is 0 Å². The quantitative estimate of drug-likeness (QED) is 0.588. The van der Waals surface area contributed by atoms with E-state index in [0.29, 0.717) is 29.0 Å². The molecule has 23 heavy (non-hydrogen) atoms. The standard InChI is InChI=1S/C15H18BrN3O3S/c1-4-21-12-6-10(5-11(16)14(12)22-9(2)3)7-17-19-15-18-13(20)8-23-15/h5-7,9H,4,8H2,1-3H3,(H,18,19,20). The van der Waals surface area contributed by atoms with Crippen LogP contribution < -0.4 is 14.8 Å². The van der Waals surface area contributed by atoms with Crippen molar-refractivity contribution in [1.82, 2.24) is 5.32 Å². The average Bonchev–Trinajstić information content (AvgIpc) is 2.88. The molecule has 1 saturated heterocycles. The van der Waals surface area contributed by atoms with Crippen LogP contribution in [-0.4, -0.2) is 35.8 Å². The number of carbonyl (C=O) groups excluding carboxylic acids is 1. The topological polar surface area (TPSA) is 72.3 Å². The number of nitrogens with zero attached hydrogens (tertiary/aromatic N) is 2. The third-order valence-corrected chi connectivity index (χ3v) is 4.08. The Bertz CT molecular complexity index is 647. The minimum absolute atomic E-state index is 0.0411. The van der Waals surface area contributed by atoms with Crippen molar-refractivity contribution in [2.75, 3.05) is 12.4 Å². The number of benzene rings is 1. The molecule has 0 radical (unpaired) electrons. The minimum atomic E-state index is -0.0551. The Labute approximate surface area is 147 Å². The van der Waals surface area contributed by atoms with Crippen molar-refractivity contribution in [3.8, 4) is 11.5 Å². The van der Waals surface area contributed by atoms with Gasteiger partial charge in [-0.1, -0.05) is 11.8 Å². The first-order valence-corrected chi connectivity index (χ1v) is 8.94. The molecular formula is C15H18BrN3O3S. The second-order valence-corrected chi connectivity index (χ2v) is 6.73. The molecule has 0 atom stereocenters. The fraction of sp³-hybridized carbons (Fsp3) is 0.400. The molecule has 0 aliphatic carbocycles. The molecule has 1 heterocycles. The van der Waals surface area contributed by atoms with E-state index in [4.69, 9.17) is 9.47 Å². The lowest BCUT2D eigenvalue weighted by Gasteiger charge is -2.16. The number of ether oxygens (including phenoxy) is 2. The largest absolute Gasteiger partial charge is 0.490 e. The van der Waals surface area contributed by atoms with Gasteiger partial charge in [-0.05, 0) is 54.4 Å². The summed E-state index contributed by atoms with van der Waals surface area (Å²) in [5.41, 5.74) is 0.815. The highest BCUT2D eigenvalue weighted by Crippen LogP contribution is 2.37. The zero-order chi connectivity index (χ0) is 16.8. The van der Waals surface area contributed by atoms with Gasteiger partial charge in [0.05, 0.1) is 29.2 Å². The number of amides is 1. The van der Waals surface area contributed by atoms with E-state index in [-0.39, 0.29) is 12.0 Å². The number of carbonyl (C=O) groups is 1. The first-order valence-electron chi connectivity index (χ1n) is 7.16. The Balaban J connectivity index is 2.20. The number of hydrogen-bond donors (Lipinski definition) is 1. The maximum Gasteiger partial charge on any atom is 0.236 e. The first kappa shape index (κ1) is 17.8. The summed E-state index contributed by atoms with van der Waals surface area (Å²) in [6.07, 6.45) is 1.64. The Kier molecular flexibility index (Phi) is 6.47. The fourth-order valence-electron chi connectivity index (χ4n) is 1.80. The Morgan fingerprint density at radius 1 is 1.48 bits per heavy atom. The van der Waals surface area contributed by atoms with Crippen LogP contribution in [0.1, 0.15) is 26.3 Å². The second-order valence-electron chi connectivity index (χ2n) is 4.92. The lowest BCUT2D eigenvalue weighted by Crippen LogP contribution is -2.19. The van der Waals surface area contributed by atoms with Crippen LogP contribution in [-0.2, 0) is 4.79 Å².